The summed E-state index contributed by atoms with van der Waals surface area (Å²) in [5.74, 6) is 2.27. The maximum absolute atomic E-state index is 5.13. The molecule has 0 radical (unpaired) electrons. The van der Waals surface area contributed by atoms with Crippen LogP contribution in [0.3, 0.4) is 0 Å². The van der Waals surface area contributed by atoms with Crippen molar-refractivity contribution < 1.29 is 4.74 Å². The minimum atomic E-state index is 0.184. The number of rotatable bonds is 6. The highest BCUT2D eigenvalue weighted by Gasteiger charge is 2.08. The van der Waals surface area contributed by atoms with Crippen molar-refractivity contribution >= 4 is 11.6 Å². The van der Waals surface area contributed by atoms with Gasteiger partial charge in [0.25, 0.3) is 0 Å². The van der Waals surface area contributed by atoms with Crippen LogP contribution in [-0.2, 0) is 4.74 Å². The number of hydrogen-bond acceptors (Lipinski definition) is 5. The third kappa shape index (κ3) is 3.68. The van der Waals surface area contributed by atoms with Crippen LogP contribution in [0.15, 0.2) is 36.4 Å². The van der Waals surface area contributed by atoms with Gasteiger partial charge in [-0.2, -0.15) is 0 Å². The van der Waals surface area contributed by atoms with Gasteiger partial charge in [0, 0.05) is 31.8 Å². The van der Waals surface area contributed by atoms with E-state index in [9.17, 15) is 0 Å². The summed E-state index contributed by atoms with van der Waals surface area (Å²) in [6.45, 7) is 2.67. The molecule has 0 aliphatic heterocycles. The minimum Gasteiger partial charge on any atom is -0.383 e. The van der Waals surface area contributed by atoms with E-state index in [4.69, 9.17) is 4.74 Å². The van der Waals surface area contributed by atoms with E-state index in [1.165, 1.54) is 0 Å². The lowest BCUT2D eigenvalue weighted by atomic mass is 10.2. The quantitative estimate of drug-likeness (QED) is 0.846. The van der Waals surface area contributed by atoms with Gasteiger partial charge in [-0.05, 0) is 6.92 Å². The first-order chi connectivity index (χ1) is 9.72. The van der Waals surface area contributed by atoms with Crippen molar-refractivity contribution in [2.45, 2.75) is 13.0 Å². The van der Waals surface area contributed by atoms with E-state index in [2.05, 4.69) is 20.6 Å². The molecule has 1 unspecified atom stereocenters. The lowest BCUT2D eigenvalue weighted by Gasteiger charge is -2.15. The van der Waals surface area contributed by atoms with Crippen LogP contribution in [0.2, 0.25) is 0 Å². The number of nitrogens with one attached hydrogen (secondary N) is 2. The van der Waals surface area contributed by atoms with E-state index in [-0.39, 0.29) is 6.04 Å². The highest BCUT2D eigenvalue weighted by Crippen LogP contribution is 2.20. The van der Waals surface area contributed by atoms with Gasteiger partial charge in [-0.1, -0.05) is 30.3 Å². The first-order valence-corrected chi connectivity index (χ1v) is 6.60. The topological polar surface area (TPSA) is 59.1 Å². The molecular weight excluding hydrogens is 252 g/mol. The molecule has 1 aromatic carbocycles. The predicted molar refractivity (Wildman–Crippen MR) is 82.0 cm³/mol. The monoisotopic (exact) mass is 272 g/mol. The Balaban J connectivity index is 2.29. The number of aromatic nitrogens is 2. The Labute approximate surface area is 119 Å². The van der Waals surface area contributed by atoms with Gasteiger partial charge in [-0.25, -0.2) is 9.97 Å². The SMILES string of the molecule is CNc1cc(NC(C)COC)nc(-c2ccccc2)n1. The lowest BCUT2D eigenvalue weighted by Crippen LogP contribution is -2.21. The number of ether oxygens (including phenoxy) is 1. The molecule has 20 heavy (non-hydrogen) atoms. The molecule has 0 aliphatic carbocycles. The molecule has 5 nitrogen and oxygen atoms in total. The van der Waals surface area contributed by atoms with Crippen LogP contribution < -0.4 is 10.6 Å². The third-order valence-electron chi connectivity index (χ3n) is 2.83. The summed E-state index contributed by atoms with van der Waals surface area (Å²) in [5.41, 5.74) is 0.993. The van der Waals surface area contributed by atoms with Crippen LogP contribution in [0.1, 0.15) is 6.92 Å². The van der Waals surface area contributed by atoms with Gasteiger partial charge in [0.05, 0.1) is 6.61 Å². The van der Waals surface area contributed by atoms with Crippen LogP contribution in [-0.4, -0.2) is 36.8 Å². The third-order valence-corrected chi connectivity index (χ3v) is 2.83. The fourth-order valence-corrected chi connectivity index (χ4v) is 1.91. The summed E-state index contributed by atoms with van der Waals surface area (Å²) in [6.07, 6.45) is 0. The maximum Gasteiger partial charge on any atom is 0.163 e. The molecule has 0 bridgehead atoms. The van der Waals surface area contributed by atoms with Crippen molar-refractivity contribution in [1.29, 1.82) is 0 Å². The van der Waals surface area contributed by atoms with E-state index >= 15 is 0 Å². The van der Waals surface area contributed by atoms with E-state index in [0.717, 1.165) is 17.2 Å². The highest BCUT2D eigenvalue weighted by molar-refractivity contribution is 5.61. The normalized spacial score (nSPS) is 11.9. The zero-order valence-corrected chi connectivity index (χ0v) is 12.1. The van der Waals surface area contributed by atoms with E-state index in [1.54, 1.807) is 7.11 Å². The molecule has 0 saturated heterocycles. The van der Waals surface area contributed by atoms with Crippen molar-refractivity contribution in [2.75, 3.05) is 31.4 Å². The lowest BCUT2D eigenvalue weighted by molar-refractivity contribution is 0.190. The Bertz CT molecular complexity index is 545. The van der Waals surface area contributed by atoms with Crippen LogP contribution in [0, 0.1) is 0 Å². The van der Waals surface area contributed by atoms with Crippen molar-refractivity contribution in [1.82, 2.24) is 9.97 Å². The van der Waals surface area contributed by atoms with Crippen molar-refractivity contribution in [3.8, 4) is 11.4 Å². The molecule has 0 fully saturated rings. The Kier molecular flexibility index (Phi) is 4.90. The van der Waals surface area contributed by atoms with Gasteiger partial charge in [0.15, 0.2) is 5.82 Å². The molecule has 1 heterocycles. The summed E-state index contributed by atoms with van der Waals surface area (Å²) >= 11 is 0. The fourth-order valence-electron chi connectivity index (χ4n) is 1.91. The Morgan fingerprint density at radius 2 is 1.85 bits per heavy atom. The molecule has 5 heteroatoms. The zero-order valence-electron chi connectivity index (χ0n) is 12.1. The van der Waals surface area contributed by atoms with Gasteiger partial charge >= 0.3 is 0 Å². The number of hydrogen-bond donors (Lipinski definition) is 2. The molecule has 0 aliphatic rings. The van der Waals surface area contributed by atoms with Crippen LogP contribution in [0.25, 0.3) is 11.4 Å². The first kappa shape index (κ1) is 14.3. The number of anilines is 2. The number of benzene rings is 1. The number of methoxy groups -OCH3 is 1. The van der Waals surface area contributed by atoms with Crippen LogP contribution in [0.4, 0.5) is 11.6 Å². The van der Waals surface area contributed by atoms with Gasteiger partial charge in [0.2, 0.25) is 0 Å². The maximum atomic E-state index is 5.13. The van der Waals surface area contributed by atoms with Crippen LogP contribution in [0.5, 0.6) is 0 Å². The van der Waals surface area contributed by atoms with Gasteiger partial charge < -0.3 is 15.4 Å². The van der Waals surface area contributed by atoms with E-state index in [0.29, 0.717) is 12.4 Å². The molecule has 1 atom stereocenters. The summed E-state index contributed by atoms with van der Waals surface area (Å²) in [5, 5.41) is 6.37. The second-order valence-electron chi connectivity index (χ2n) is 4.58. The van der Waals surface area contributed by atoms with Gasteiger partial charge in [0.1, 0.15) is 11.6 Å². The largest absolute Gasteiger partial charge is 0.383 e. The second-order valence-corrected chi connectivity index (χ2v) is 4.58. The Morgan fingerprint density at radius 3 is 2.50 bits per heavy atom. The Hall–Kier alpha value is -2.14. The average molecular weight is 272 g/mol. The molecular formula is C15H20N4O. The average Bonchev–Trinajstić information content (AvgIpc) is 2.48. The van der Waals surface area contributed by atoms with Gasteiger partial charge in [-0.15, -0.1) is 0 Å². The van der Waals surface area contributed by atoms with Crippen molar-refractivity contribution in [3.05, 3.63) is 36.4 Å². The summed E-state index contributed by atoms with van der Waals surface area (Å²) < 4.78 is 5.13. The molecule has 2 rings (SSSR count). The van der Waals surface area contributed by atoms with E-state index in [1.807, 2.05) is 50.4 Å². The van der Waals surface area contributed by atoms with Crippen LogP contribution >= 0.6 is 0 Å². The minimum absolute atomic E-state index is 0.184. The smallest absolute Gasteiger partial charge is 0.163 e. The highest BCUT2D eigenvalue weighted by atomic mass is 16.5. The number of nitrogens with zero attached hydrogens (tertiary/aromatic N) is 2. The molecule has 2 aromatic rings. The standard InChI is InChI=1S/C15H20N4O/c1-11(10-20-3)17-14-9-13(16-2)18-15(19-14)12-7-5-4-6-8-12/h4-9,11H,10H2,1-3H3,(H2,16,17,18,19). The van der Waals surface area contributed by atoms with Gasteiger partial charge in [-0.3, -0.25) is 0 Å². The van der Waals surface area contributed by atoms with Crippen molar-refractivity contribution in [3.63, 3.8) is 0 Å². The molecule has 0 saturated carbocycles. The molecule has 2 N–H and O–H groups in total. The molecule has 1 aromatic heterocycles. The molecule has 0 amide bonds. The predicted octanol–water partition coefficient (Wildman–Crippen LogP) is 2.63. The summed E-state index contributed by atoms with van der Waals surface area (Å²) in [4.78, 5) is 9.04. The van der Waals surface area contributed by atoms with E-state index < -0.39 is 0 Å². The van der Waals surface area contributed by atoms with Crippen molar-refractivity contribution in [2.24, 2.45) is 0 Å². The second kappa shape index (κ2) is 6.86. The fraction of sp³-hybridized carbons (Fsp3) is 0.333. The Morgan fingerprint density at radius 1 is 1.15 bits per heavy atom. The first-order valence-electron chi connectivity index (χ1n) is 6.60. The molecule has 106 valence electrons. The summed E-state index contributed by atoms with van der Waals surface area (Å²) in [6, 6.07) is 12.0. The summed E-state index contributed by atoms with van der Waals surface area (Å²) in [7, 11) is 3.53. The molecule has 0 spiro atoms. The zero-order chi connectivity index (χ0) is 14.4.